The van der Waals surface area contributed by atoms with E-state index in [1.807, 2.05) is 0 Å². The normalized spacial score (nSPS) is 30.9. The lowest BCUT2D eigenvalue weighted by Gasteiger charge is -2.35. The Hall–Kier alpha value is -0.170. The molecule has 6 heteroatoms. The van der Waals surface area contributed by atoms with E-state index in [4.69, 9.17) is 0 Å². The molecule has 2 N–H and O–H groups in total. The molecule has 1 aromatic heterocycles. The van der Waals surface area contributed by atoms with Crippen molar-refractivity contribution < 1.29 is 5.11 Å². The molecule has 2 aliphatic carbocycles. The molecule has 1 aromatic rings. The summed E-state index contributed by atoms with van der Waals surface area (Å²) in [5, 5.41) is 21.5. The summed E-state index contributed by atoms with van der Waals surface area (Å²) < 4.78 is 1.06. The van der Waals surface area contributed by atoms with E-state index >= 15 is 0 Å². The maximum Gasteiger partial charge on any atom is 0.174 e. The number of aromatic nitrogens is 2. The molecule has 19 heavy (non-hydrogen) atoms. The lowest BCUT2D eigenvalue weighted by Crippen LogP contribution is -2.52. The van der Waals surface area contributed by atoms with Gasteiger partial charge in [0.25, 0.3) is 0 Å². The molecular formula is C13H21N3OS2. The second kappa shape index (κ2) is 6.08. The van der Waals surface area contributed by atoms with Gasteiger partial charge in [0.15, 0.2) is 4.34 Å². The molecule has 4 nitrogen and oxygen atoms in total. The molecule has 0 amide bonds. The summed E-state index contributed by atoms with van der Waals surface area (Å²) in [7, 11) is 0. The van der Waals surface area contributed by atoms with Gasteiger partial charge >= 0.3 is 0 Å². The molecular weight excluding hydrogens is 278 g/mol. The first-order chi connectivity index (χ1) is 9.32. The lowest BCUT2D eigenvalue weighted by atomic mass is 9.85. The van der Waals surface area contributed by atoms with Gasteiger partial charge in [0.05, 0.1) is 6.61 Å². The van der Waals surface area contributed by atoms with E-state index < -0.39 is 0 Å². The number of aliphatic hydroxyl groups excluding tert-OH is 1. The van der Waals surface area contributed by atoms with Crippen molar-refractivity contribution in [2.45, 2.75) is 54.4 Å². The summed E-state index contributed by atoms with van der Waals surface area (Å²) in [6.07, 6.45) is 7.35. The van der Waals surface area contributed by atoms with Crippen LogP contribution in [0.2, 0.25) is 0 Å². The number of rotatable bonds is 7. The van der Waals surface area contributed by atoms with Crippen LogP contribution in [-0.2, 0) is 0 Å². The fourth-order valence-corrected chi connectivity index (χ4v) is 4.77. The van der Waals surface area contributed by atoms with Crippen LogP contribution in [0.5, 0.6) is 0 Å². The molecule has 0 radical (unpaired) electrons. The smallest absolute Gasteiger partial charge is 0.174 e. The second-order valence-electron chi connectivity index (χ2n) is 5.66. The topological polar surface area (TPSA) is 58.0 Å². The lowest BCUT2D eigenvalue weighted by molar-refractivity contribution is 0.120. The first-order valence-corrected chi connectivity index (χ1v) is 8.96. The molecule has 2 saturated carbocycles. The Morgan fingerprint density at radius 1 is 1.47 bits per heavy atom. The molecule has 0 aliphatic heterocycles. The van der Waals surface area contributed by atoms with Crippen molar-refractivity contribution in [1.82, 2.24) is 15.5 Å². The maximum absolute atomic E-state index is 9.86. The quantitative estimate of drug-likeness (QED) is 0.757. The summed E-state index contributed by atoms with van der Waals surface area (Å²) in [5.41, 5.74) is 1.79. The van der Waals surface area contributed by atoms with Crippen LogP contribution in [0.4, 0.5) is 0 Å². The molecule has 3 rings (SSSR count). The largest absolute Gasteiger partial charge is 0.394 e. The Kier molecular flexibility index (Phi) is 4.41. The third kappa shape index (κ3) is 3.29. The van der Waals surface area contributed by atoms with Gasteiger partial charge in [0, 0.05) is 17.3 Å². The van der Waals surface area contributed by atoms with E-state index in [1.165, 1.54) is 25.7 Å². The van der Waals surface area contributed by atoms with Gasteiger partial charge < -0.3 is 10.4 Å². The fourth-order valence-electron chi connectivity index (χ4n) is 3.16. The van der Waals surface area contributed by atoms with Crippen molar-refractivity contribution >= 4 is 23.1 Å². The number of nitrogens with zero attached hydrogens (tertiary/aromatic N) is 2. The van der Waals surface area contributed by atoms with Crippen LogP contribution in [0.15, 0.2) is 9.85 Å². The number of nitrogens with one attached hydrogen (secondary N) is 1. The van der Waals surface area contributed by atoms with Crippen molar-refractivity contribution in [1.29, 1.82) is 0 Å². The summed E-state index contributed by atoms with van der Waals surface area (Å²) in [5.74, 6) is 1.69. The van der Waals surface area contributed by atoms with Gasteiger partial charge in [-0.2, -0.15) is 0 Å². The predicted molar refractivity (Wildman–Crippen MR) is 78.6 cm³/mol. The number of thioether (sulfide) groups is 1. The van der Waals surface area contributed by atoms with Gasteiger partial charge in [-0.05, 0) is 38.0 Å². The van der Waals surface area contributed by atoms with Gasteiger partial charge in [0.2, 0.25) is 0 Å². The van der Waals surface area contributed by atoms with Crippen LogP contribution in [-0.4, -0.2) is 39.2 Å². The molecule has 2 atom stereocenters. The Balaban J connectivity index is 1.52. The van der Waals surface area contributed by atoms with Crippen molar-refractivity contribution in [3.05, 3.63) is 5.51 Å². The van der Waals surface area contributed by atoms with E-state index in [0.717, 1.165) is 22.9 Å². The second-order valence-corrected chi connectivity index (χ2v) is 7.84. The first-order valence-electron chi connectivity index (χ1n) is 7.10. The Morgan fingerprint density at radius 2 is 2.37 bits per heavy atom. The molecule has 0 aromatic carbocycles. The average molecular weight is 299 g/mol. The van der Waals surface area contributed by atoms with Crippen LogP contribution < -0.4 is 5.32 Å². The van der Waals surface area contributed by atoms with Gasteiger partial charge in [-0.25, -0.2) is 0 Å². The number of hydrogen-bond acceptors (Lipinski definition) is 6. The van der Waals surface area contributed by atoms with E-state index in [1.54, 1.807) is 28.6 Å². The minimum atomic E-state index is 0.00283. The highest BCUT2D eigenvalue weighted by Gasteiger charge is 2.44. The standard InChI is InChI=1S/C13H21N3OS2/c17-8-13(15-11-3-4-11)6-1-2-10(13)5-7-18-12-16-14-9-19-12/h9-11,15,17H,1-8H2. The first kappa shape index (κ1) is 13.8. The van der Waals surface area contributed by atoms with E-state index in [0.29, 0.717) is 12.0 Å². The Labute approximate surface area is 122 Å². The van der Waals surface area contributed by atoms with Crippen molar-refractivity contribution in [3.8, 4) is 0 Å². The van der Waals surface area contributed by atoms with Crippen LogP contribution in [0, 0.1) is 5.92 Å². The molecule has 0 spiro atoms. The Morgan fingerprint density at radius 3 is 3.05 bits per heavy atom. The van der Waals surface area contributed by atoms with Crippen molar-refractivity contribution in [2.75, 3.05) is 12.4 Å². The monoisotopic (exact) mass is 299 g/mol. The minimum absolute atomic E-state index is 0.00283. The zero-order chi connectivity index (χ0) is 13.1. The average Bonchev–Trinajstić information content (AvgIpc) is 2.92. The SMILES string of the molecule is OCC1(NC2CC2)CCCC1CCSc1nncs1. The molecule has 0 saturated heterocycles. The summed E-state index contributed by atoms with van der Waals surface area (Å²) in [6.45, 7) is 0.289. The minimum Gasteiger partial charge on any atom is -0.394 e. The van der Waals surface area contributed by atoms with Crippen LogP contribution in [0.25, 0.3) is 0 Å². The zero-order valence-corrected chi connectivity index (χ0v) is 12.7. The maximum atomic E-state index is 9.86. The molecule has 2 aliphatic rings. The van der Waals surface area contributed by atoms with E-state index in [9.17, 15) is 5.11 Å². The number of hydrogen-bond donors (Lipinski definition) is 2. The zero-order valence-electron chi connectivity index (χ0n) is 11.0. The number of aliphatic hydroxyl groups is 1. The molecule has 106 valence electrons. The van der Waals surface area contributed by atoms with E-state index in [2.05, 4.69) is 15.5 Å². The van der Waals surface area contributed by atoms with Crippen molar-refractivity contribution in [2.24, 2.45) is 5.92 Å². The highest BCUT2D eigenvalue weighted by Crippen LogP contribution is 2.41. The molecule has 0 bridgehead atoms. The van der Waals surface area contributed by atoms with Crippen molar-refractivity contribution in [3.63, 3.8) is 0 Å². The molecule has 2 unspecified atom stereocenters. The van der Waals surface area contributed by atoms with E-state index in [-0.39, 0.29) is 12.1 Å². The highest BCUT2D eigenvalue weighted by molar-refractivity contribution is 8.00. The third-order valence-corrected chi connectivity index (χ3v) is 6.23. The molecule has 2 fully saturated rings. The van der Waals surface area contributed by atoms with Crippen LogP contribution in [0.3, 0.4) is 0 Å². The van der Waals surface area contributed by atoms with Crippen LogP contribution in [0.1, 0.15) is 38.5 Å². The molecule has 1 heterocycles. The summed E-state index contributed by atoms with van der Waals surface area (Å²) >= 11 is 3.40. The van der Waals surface area contributed by atoms with Gasteiger partial charge in [0.1, 0.15) is 5.51 Å². The predicted octanol–water partition coefficient (Wildman–Crippen LogP) is 2.30. The van der Waals surface area contributed by atoms with Gasteiger partial charge in [-0.1, -0.05) is 29.5 Å². The summed E-state index contributed by atoms with van der Waals surface area (Å²) in [4.78, 5) is 0. The third-order valence-electron chi connectivity index (χ3n) is 4.34. The summed E-state index contributed by atoms with van der Waals surface area (Å²) in [6, 6.07) is 0.670. The Bertz CT molecular complexity index is 397. The highest BCUT2D eigenvalue weighted by atomic mass is 32.2. The fraction of sp³-hybridized carbons (Fsp3) is 0.846. The van der Waals surface area contributed by atoms with Gasteiger partial charge in [-0.3, -0.25) is 0 Å². The van der Waals surface area contributed by atoms with Crippen LogP contribution >= 0.6 is 23.1 Å². The van der Waals surface area contributed by atoms with Gasteiger partial charge in [-0.15, -0.1) is 10.2 Å².